The average Bonchev–Trinajstić information content (AvgIpc) is 2.62. The lowest BCUT2D eigenvalue weighted by Gasteiger charge is -2.18. The molecule has 0 saturated heterocycles. The smallest absolute Gasteiger partial charge is 0.265 e. The minimum absolute atomic E-state index is 0.199. The average molecular weight is 360 g/mol. The first kappa shape index (κ1) is 18.9. The van der Waals surface area contributed by atoms with Gasteiger partial charge >= 0.3 is 0 Å². The van der Waals surface area contributed by atoms with Crippen LogP contribution in [-0.2, 0) is 4.79 Å². The van der Waals surface area contributed by atoms with Crippen LogP contribution in [-0.4, -0.2) is 18.6 Å². The summed E-state index contributed by atoms with van der Waals surface area (Å²) in [6, 6.07) is 12.5. The maximum Gasteiger partial charge on any atom is 0.265 e. The second kappa shape index (κ2) is 9.14. The largest absolute Gasteiger partial charge is 0.490 e. The fourth-order valence-corrected chi connectivity index (χ4v) is 2.31. The molecule has 5 heteroatoms. The van der Waals surface area contributed by atoms with Crippen molar-refractivity contribution in [3.05, 3.63) is 65.7 Å². The van der Waals surface area contributed by atoms with Crippen LogP contribution in [0.15, 0.2) is 55.1 Å². The molecule has 2 aromatic carbocycles. The van der Waals surface area contributed by atoms with Crippen LogP contribution in [0.1, 0.15) is 18.9 Å². The summed E-state index contributed by atoms with van der Waals surface area (Å²) in [5.74, 6) is 1.14. The molecule has 0 aromatic heterocycles. The molecule has 2 rings (SSSR count). The standard InChI is InChI=1S/C20H22ClNO3/c1-4-12-24-16-8-6-15(7-9-16)22-20(23)19(5-2)25-17-10-11-18(21)14(3)13-17/h4,6-11,13,19H,1,5,12H2,2-3H3,(H,22,23). The van der Waals surface area contributed by atoms with Gasteiger partial charge in [-0.15, -0.1) is 0 Å². The molecule has 1 atom stereocenters. The van der Waals surface area contributed by atoms with Crippen molar-refractivity contribution in [2.24, 2.45) is 0 Å². The van der Waals surface area contributed by atoms with Gasteiger partial charge in [0.25, 0.3) is 5.91 Å². The molecule has 0 aliphatic rings. The minimum Gasteiger partial charge on any atom is -0.490 e. The van der Waals surface area contributed by atoms with Gasteiger partial charge in [0.05, 0.1) is 0 Å². The third-order valence-corrected chi connectivity index (χ3v) is 3.98. The van der Waals surface area contributed by atoms with Gasteiger partial charge in [0.15, 0.2) is 6.10 Å². The van der Waals surface area contributed by atoms with E-state index in [1.54, 1.807) is 42.5 Å². The summed E-state index contributed by atoms with van der Waals surface area (Å²) in [5.41, 5.74) is 1.59. The highest BCUT2D eigenvalue weighted by Crippen LogP contribution is 2.23. The Hall–Kier alpha value is -2.46. The molecular formula is C20H22ClNO3. The van der Waals surface area contributed by atoms with E-state index in [1.807, 2.05) is 19.9 Å². The van der Waals surface area contributed by atoms with Crippen molar-refractivity contribution in [3.8, 4) is 11.5 Å². The molecule has 0 fully saturated rings. The van der Waals surface area contributed by atoms with Crippen molar-refractivity contribution in [1.29, 1.82) is 0 Å². The van der Waals surface area contributed by atoms with Crippen molar-refractivity contribution in [1.82, 2.24) is 0 Å². The van der Waals surface area contributed by atoms with Crippen LogP contribution >= 0.6 is 11.6 Å². The lowest BCUT2D eigenvalue weighted by atomic mass is 10.2. The van der Waals surface area contributed by atoms with Gasteiger partial charge in [-0.3, -0.25) is 4.79 Å². The summed E-state index contributed by atoms with van der Waals surface area (Å²) in [5, 5.41) is 3.53. The number of amides is 1. The second-order valence-corrected chi connectivity index (χ2v) is 5.95. The maximum atomic E-state index is 12.5. The molecule has 132 valence electrons. The SMILES string of the molecule is C=CCOc1ccc(NC(=O)C(CC)Oc2ccc(Cl)c(C)c2)cc1. The van der Waals surface area contributed by atoms with Crippen molar-refractivity contribution >= 4 is 23.2 Å². The lowest BCUT2D eigenvalue weighted by Crippen LogP contribution is -2.32. The Bertz CT molecular complexity index is 728. The van der Waals surface area contributed by atoms with Crippen LogP contribution < -0.4 is 14.8 Å². The van der Waals surface area contributed by atoms with Crippen LogP contribution in [0.2, 0.25) is 5.02 Å². The zero-order valence-electron chi connectivity index (χ0n) is 14.4. The van der Waals surface area contributed by atoms with Gasteiger partial charge in [-0.1, -0.05) is 31.2 Å². The van der Waals surface area contributed by atoms with E-state index in [2.05, 4.69) is 11.9 Å². The van der Waals surface area contributed by atoms with Gasteiger partial charge in [0.1, 0.15) is 18.1 Å². The molecule has 1 unspecified atom stereocenters. The number of hydrogen-bond donors (Lipinski definition) is 1. The van der Waals surface area contributed by atoms with Crippen LogP contribution in [0.25, 0.3) is 0 Å². The molecular weight excluding hydrogens is 338 g/mol. The molecule has 0 heterocycles. The topological polar surface area (TPSA) is 47.6 Å². The quantitative estimate of drug-likeness (QED) is 0.674. The summed E-state index contributed by atoms with van der Waals surface area (Å²) >= 11 is 6.01. The second-order valence-electron chi connectivity index (χ2n) is 5.54. The fourth-order valence-electron chi connectivity index (χ4n) is 2.19. The fraction of sp³-hybridized carbons (Fsp3) is 0.250. The molecule has 0 aliphatic heterocycles. The lowest BCUT2D eigenvalue weighted by molar-refractivity contribution is -0.122. The Morgan fingerprint density at radius 1 is 1.24 bits per heavy atom. The summed E-state index contributed by atoms with van der Waals surface area (Å²) < 4.78 is 11.2. The summed E-state index contributed by atoms with van der Waals surface area (Å²) in [4.78, 5) is 12.5. The highest BCUT2D eigenvalue weighted by Gasteiger charge is 2.18. The molecule has 4 nitrogen and oxygen atoms in total. The normalized spacial score (nSPS) is 11.5. The Balaban J connectivity index is 1.99. The molecule has 1 amide bonds. The minimum atomic E-state index is -0.586. The Morgan fingerprint density at radius 3 is 2.52 bits per heavy atom. The Kier molecular flexibility index (Phi) is 6.90. The number of ether oxygens (including phenoxy) is 2. The number of benzene rings is 2. The van der Waals surface area contributed by atoms with E-state index in [4.69, 9.17) is 21.1 Å². The zero-order chi connectivity index (χ0) is 18.2. The predicted molar refractivity (Wildman–Crippen MR) is 102 cm³/mol. The monoisotopic (exact) mass is 359 g/mol. The van der Waals surface area contributed by atoms with Crippen LogP contribution in [0, 0.1) is 6.92 Å². The van der Waals surface area contributed by atoms with Crippen molar-refractivity contribution in [2.75, 3.05) is 11.9 Å². The number of carbonyl (C=O) groups excluding carboxylic acids is 1. The van der Waals surface area contributed by atoms with Gasteiger partial charge in [-0.05, 0) is 61.4 Å². The number of aryl methyl sites for hydroxylation is 1. The number of nitrogens with one attached hydrogen (secondary N) is 1. The predicted octanol–water partition coefficient (Wildman–Crippen LogP) is 5.01. The van der Waals surface area contributed by atoms with Gasteiger partial charge in [0, 0.05) is 10.7 Å². The van der Waals surface area contributed by atoms with E-state index >= 15 is 0 Å². The first-order chi connectivity index (χ1) is 12.0. The molecule has 25 heavy (non-hydrogen) atoms. The van der Waals surface area contributed by atoms with Crippen molar-refractivity contribution < 1.29 is 14.3 Å². The van der Waals surface area contributed by atoms with Crippen LogP contribution in [0.5, 0.6) is 11.5 Å². The van der Waals surface area contributed by atoms with Crippen molar-refractivity contribution in [2.45, 2.75) is 26.4 Å². The van der Waals surface area contributed by atoms with E-state index in [1.165, 1.54) is 0 Å². The Labute approximate surface area is 153 Å². The maximum absolute atomic E-state index is 12.5. The number of carbonyl (C=O) groups is 1. The van der Waals surface area contributed by atoms with Gasteiger partial charge in [-0.25, -0.2) is 0 Å². The Morgan fingerprint density at radius 2 is 1.92 bits per heavy atom. The number of anilines is 1. The molecule has 0 radical (unpaired) electrons. The summed E-state index contributed by atoms with van der Waals surface area (Å²) in [7, 11) is 0. The van der Waals surface area contributed by atoms with Crippen molar-refractivity contribution in [3.63, 3.8) is 0 Å². The van der Waals surface area contributed by atoms with Gasteiger partial charge in [0.2, 0.25) is 0 Å². The number of hydrogen-bond acceptors (Lipinski definition) is 3. The van der Waals surface area contributed by atoms with Gasteiger partial charge < -0.3 is 14.8 Å². The van der Waals surface area contributed by atoms with E-state index in [0.29, 0.717) is 29.5 Å². The highest BCUT2D eigenvalue weighted by atomic mass is 35.5. The van der Waals surface area contributed by atoms with E-state index in [9.17, 15) is 4.79 Å². The first-order valence-corrected chi connectivity index (χ1v) is 8.48. The zero-order valence-corrected chi connectivity index (χ0v) is 15.2. The van der Waals surface area contributed by atoms with E-state index in [-0.39, 0.29) is 5.91 Å². The van der Waals surface area contributed by atoms with E-state index in [0.717, 1.165) is 11.3 Å². The molecule has 0 aliphatic carbocycles. The molecule has 0 spiro atoms. The van der Waals surface area contributed by atoms with E-state index < -0.39 is 6.10 Å². The summed E-state index contributed by atoms with van der Waals surface area (Å²) in [6.07, 6.45) is 1.64. The number of rotatable bonds is 8. The molecule has 1 N–H and O–H groups in total. The third kappa shape index (κ3) is 5.54. The molecule has 0 bridgehead atoms. The van der Waals surface area contributed by atoms with Crippen LogP contribution in [0.4, 0.5) is 5.69 Å². The first-order valence-electron chi connectivity index (χ1n) is 8.11. The molecule has 2 aromatic rings. The number of halogens is 1. The molecule has 0 saturated carbocycles. The highest BCUT2D eigenvalue weighted by molar-refractivity contribution is 6.31. The third-order valence-electron chi connectivity index (χ3n) is 3.56. The van der Waals surface area contributed by atoms with Gasteiger partial charge in [-0.2, -0.15) is 0 Å². The van der Waals surface area contributed by atoms with Crippen LogP contribution in [0.3, 0.4) is 0 Å². The summed E-state index contributed by atoms with van der Waals surface area (Å²) in [6.45, 7) is 7.84.